The Bertz CT molecular complexity index is 635. The van der Waals surface area contributed by atoms with Crippen molar-refractivity contribution in [3.8, 4) is 0 Å². The summed E-state index contributed by atoms with van der Waals surface area (Å²) in [5, 5.41) is 0. The summed E-state index contributed by atoms with van der Waals surface area (Å²) in [4.78, 5) is 0.880. The maximum Gasteiger partial charge on any atom is 0.0574 e. The van der Waals surface area contributed by atoms with Gasteiger partial charge in [-0.05, 0) is 61.2 Å². The van der Waals surface area contributed by atoms with E-state index in [0.29, 0.717) is 5.75 Å². The van der Waals surface area contributed by atoms with Crippen molar-refractivity contribution >= 4 is 16.5 Å². The summed E-state index contributed by atoms with van der Waals surface area (Å²) in [6.45, 7) is 6.08. The molecule has 0 amide bonds. The Labute approximate surface area is 117 Å². The van der Waals surface area contributed by atoms with Gasteiger partial charge in [-0.2, -0.15) is 0 Å². The lowest BCUT2D eigenvalue weighted by molar-refractivity contribution is 0.682. The van der Waals surface area contributed by atoms with Gasteiger partial charge < -0.3 is 5.73 Å². The Balaban J connectivity index is 2.26. The quantitative estimate of drug-likeness (QED) is 0.870. The highest BCUT2D eigenvalue weighted by Crippen LogP contribution is 2.21. The van der Waals surface area contributed by atoms with Crippen LogP contribution in [0.25, 0.3) is 0 Å². The van der Waals surface area contributed by atoms with Crippen LogP contribution in [0.15, 0.2) is 41.3 Å². The van der Waals surface area contributed by atoms with E-state index in [1.54, 1.807) is 0 Å². The molecule has 1 unspecified atom stereocenters. The van der Waals surface area contributed by atoms with Crippen LogP contribution in [-0.2, 0) is 16.6 Å². The monoisotopic (exact) mass is 273 g/mol. The zero-order chi connectivity index (χ0) is 14.0. The van der Waals surface area contributed by atoms with Crippen LogP contribution < -0.4 is 5.73 Å². The average molecular weight is 273 g/mol. The molecule has 2 nitrogen and oxygen atoms in total. The van der Waals surface area contributed by atoms with Gasteiger partial charge in [-0.25, -0.2) is 0 Å². The maximum absolute atomic E-state index is 12.4. The van der Waals surface area contributed by atoms with Gasteiger partial charge in [0.2, 0.25) is 0 Å². The van der Waals surface area contributed by atoms with E-state index < -0.39 is 10.8 Å². The normalized spacial score (nSPS) is 12.4. The minimum atomic E-state index is -1.03. The van der Waals surface area contributed by atoms with E-state index in [1.165, 1.54) is 11.1 Å². The molecule has 0 saturated carbocycles. The summed E-state index contributed by atoms with van der Waals surface area (Å²) in [7, 11) is -1.03. The molecule has 0 radical (unpaired) electrons. The Morgan fingerprint density at radius 3 is 2.47 bits per heavy atom. The van der Waals surface area contributed by atoms with Crippen LogP contribution in [0.2, 0.25) is 0 Å². The molecule has 0 spiro atoms. The van der Waals surface area contributed by atoms with Crippen molar-refractivity contribution in [3.05, 3.63) is 58.7 Å². The molecule has 0 aliphatic heterocycles. The first kappa shape index (κ1) is 13.8. The molecule has 0 heterocycles. The third kappa shape index (κ3) is 3.04. The van der Waals surface area contributed by atoms with Crippen LogP contribution in [-0.4, -0.2) is 4.21 Å². The van der Waals surface area contributed by atoms with Crippen molar-refractivity contribution in [1.29, 1.82) is 0 Å². The molecule has 0 bridgehead atoms. The summed E-state index contributed by atoms with van der Waals surface area (Å²) in [6.07, 6.45) is 0. The Morgan fingerprint density at radius 2 is 1.79 bits per heavy atom. The van der Waals surface area contributed by atoms with Crippen LogP contribution in [0.1, 0.15) is 22.3 Å². The fourth-order valence-electron chi connectivity index (χ4n) is 1.94. The number of nitrogens with two attached hydrogens (primary N) is 1. The maximum atomic E-state index is 12.4. The van der Waals surface area contributed by atoms with Gasteiger partial charge in [-0.15, -0.1) is 0 Å². The molecule has 2 aromatic carbocycles. The molecule has 0 aromatic heterocycles. The molecule has 0 saturated heterocycles. The fourth-order valence-corrected chi connectivity index (χ4v) is 3.23. The summed E-state index contributed by atoms with van der Waals surface area (Å²) in [5.41, 5.74) is 11.1. The zero-order valence-electron chi connectivity index (χ0n) is 11.6. The summed E-state index contributed by atoms with van der Waals surface area (Å²) < 4.78 is 12.4. The molecular weight excluding hydrogens is 254 g/mol. The minimum Gasteiger partial charge on any atom is -0.399 e. The second-order valence-electron chi connectivity index (χ2n) is 4.87. The van der Waals surface area contributed by atoms with E-state index in [-0.39, 0.29) is 0 Å². The molecule has 100 valence electrons. The molecule has 2 rings (SSSR count). The Hall–Kier alpha value is -1.61. The Morgan fingerprint density at radius 1 is 1.05 bits per heavy atom. The highest BCUT2D eigenvalue weighted by Gasteiger charge is 2.09. The lowest BCUT2D eigenvalue weighted by Crippen LogP contribution is -2.01. The standard InChI is InChI=1S/C16H19NOS/c1-11-7-8-15(9-12(11)2)19(18)10-14-5-4-6-16(17)13(14)3/h4-9H,10,17H2,1-3H3. The van der Waals surface area contributed by atoms with Gasteiger partial charge in [-0.3, -0.25) is 4.21 Å². The first-order chi connectivity index (χ1) is 8.99. The van der Waals surface area contributed by atoms with Crippen molar-refractivity contribution in [2.24, 2.45) is 0 Å². The fraction of sp³-hybridized carbons (Fsp3) is 0.250. The summed E-state index contributed by atoms with van der Waals surface area (Å²) >= 11 is 0. The van der Waals surface area contributed by atoms with E-state index >= 15 is 0 Å². The van der Waals surface area contributed by atoms with Gasteiger partial charge in [-0.1, -0.05) is 18.2 Å². The second-order valence-corrected chi connectivity index (χ2v) is 6.32. The van der Waals surface area contributed by atoms with Gasteiger partial charge in [0.05, 0.1) is 16.6 Å². The van der Waals surface area contributed by atoms with Gasteiger partial charge in [0.1, 0.15) is 0 Å². The number of aryl methyl sites for hydroxylation is 2. The number of hydrogen-bond donors (Lipinski definition) is 1. The highest BCUT2D eigenvalue weighted by atomic mass is 32.2. The third-order valence-electron chi connectivity index (χ3n) is 3.52. The summed E-state index contributed by atoms with van der Waals surface area (Å²) in [6, 6.07) is 11.7. The van der Waals surface area contributed by atoms with Gasteiger partial charge in [0.25, 0.3) is 0 Å². The molecule has 1 atom stereocenters. The van der Waals surface area contributed by atoms with E-state index in [4.69, 9.17) is 5.73 Å². The zero-order valence-corrected chi connectivity index (χ0v) is 12.4. The number of rotatable bonds is 3. The van der Waals surface area contributed by atoms with E-state index in [2.05, 4.69) is 6.92 Å². The van der Waals surface area contributed by atoms with Crippen LogP contribution in [0.4, 0.5) is 5.69 Å². The number of benzene rings is 2. The molecule has 0 fully saturated rings. The lowest BCUT2D eigenvalue weighted by atomic mass is 10.1. The highest BCUT2D eigenvalue weighted by molar-refractivity contribution is 7.84. The SMILES string of the molecule is Cc1ccc(S(=O)Cc2cccc(N)c2C)cc1C. The van der Waals surface area contributed by atoms with E-state index in [9.17, 15) is 4.21 Å². The van der Waals surface area contributed by atoms with Crippen molar-refractivity contribution < 1.29 is 4.21 Å². The van der Waals surface area contributed by atoms with Crippen LogP contribution in [0.3, 0.4) is 0 Å². The topological polar surface area (TPSA) is 43.1 Å². The smallest absolute Gasteiger partial charge is 0.0574 e. The largest absolute Gasteiger partial charge is 0.399 e. The van der Waals surface area contributed by atoms with Gasteiger partial charge in [0, 0.05) is 10.6 Å². The van der Waals surface area contributed by atoms with Crippen molar-refractivity contribution in [2.45, 2.75) is 31.4 Å². The number of anilines is 1. The second kappa shape index (κ2) is 5.57. The molecular formula is C16H19NOS. The molecule has 3 heteroatoms. The third-order valence-corrected chi connectivity index (χ3v) is 4.87. The average Bonchev–Trinajstić information content (AvgIpc) is 2.38. The summed E-state index contributed by atoms with van der Waals surface area (Å²) in [5.74, 6) is 0.513. The first-order valence-corrected chi connectivity index (χ1v) is 7.60. The number of nitrogen functional groups attached to an aromatic ring is 1. The minimum absolute atomic E-state index is 0.513. The first-order valence-electron chi connectivity index (χ1n) is 6.28. The van der Waals surface area contributed by atoms with Gasteiger partial charge in [0.15, 0.2) is 0 Å². The van der Waals surface area contributed by atoms with E-state index in [1.807, 2.05) is 50.2 Å². The molecule has 0 aliphatic carbocycles. The Kier molecular flexibility index (Phi) is 4.05. The van der Waals surface area contributed by atoms with Crippen LogP contribution in [0, 0.1) is 20.8 Å². The van der Waals surface area contributed by atoms with Crippen molar-refractivity contribution in [3.63, 3.8) is 0 Å². The van der Waals surface area contributed by atoms with Crippen molar-refractivity contribution in [2.75, 3.05) is 5.73 Å². The predicted octanol–water partition coefficient (Wildman–Crippen LogP) is 3.50. The molecule has 2 aromatic rings. The van der Waals surface area contributed by atoms with Crippen LogP contribution >= 0.6 is 0 Å². The van der Waals surface area contributed by atoms with Crippen LogP contribution in [0.5, 0.6) is 0 Å². The number of hydrogen-bond acceptors (Lipinski definition) is 2. The molecule has 2 N–H and O–H groups in total. The van der Waals surface area contributed by atoms with E-state index in [0.717, 1.165) is 21.7 Å². The lowest BCUT2D eigenvalue weighted by Gasteiger charge is -2.09. The van der Waals surface area contributed by atoms with Crippen molar-refractivity contribution in [1.82, 2.24) is 0 Å². The molecule has 0 aliphatic rings. The predicted molar refractivity (Wildman–Crippen MR) is 81.6 cm³/mol. The molecule has 19 heavy (non-hydrogen) atoms. The van der Waals surface area contributed by atoms with Gasteiger partial charge >= 0.3 is 0 Å².